The molecule has 1 atom stereocenters. The van der Waals surface area contributed by atoms with Gasteiger partial charge in [-0.15, -0.1) is 11.6 Å². The zero-order valence-corrected chi connectivity index (χ0v) is 7.28. The van der Waals surface area contributed by atoms with Crippen molar-refractivity contribution in [2.24, 2.45) is 0 Å². The molecule has 0 aromatic heterocycles. The van der Waals surface area contributed by atoms with Gasteiger partial charge < -0.3 is 4.74 Å². The third kappa shape index (κ3) is 1.64. The SMILES string of the molecule is CCCC1(CCl)CCCO1. The van der Waals surface area contributed by atoms with Crippen LogP contribution in [0, 0.1) is 0 Å². The molecule has 1 aliphatic rings. The maximum absolute atomic E-state index is 5.82. The van der Waals surface area contributed by atoms with E-state index in [0.717, 1.165) is 19.4 Å². The lowest BCUT2D eigenvalue weighted by Crippen LogP contribution is -2.29. The first kappa shape index (κ1) is 8.35. The lowest BCUT2D eigenvalue weighted by molar-refractivity contribution is 0.0158. The molecule has 1 nitrogen and oxygen atoms in total. The standard InChI is InChI=1S/C8H15ClO/c1-2-4-8(7-9)5-3-6-10-8/h2-7H2,1H3. The quantitative estimate of drug-likeness (QED) is 0.580. The Morgan fingerprint density at radius 1 is 1.60 bits per heavy atom. The zero-order chi connectivity index (χ0) is 7.45. The fraction of sp³-hybridized carbons (Fsp3) is 1.00. The maximum atomic E-state index is 5.82. The average molecular weight is 163 g/mol. The third-order valence-corrected chi connectivity index (χ3v) is 2.62. The Kier molecular flexibility index (Phi) is 2.99. The van der Waals surface area contributed by atoms with Crippen LogP contribution < -0.4 is 0 Å². The average Bonchev–Trinajstić information content (AvgIpc) is 2.39. The largest absolute Gasteiger partial charge is 0.374 e. The maximum Gasteiger partial charge on any atom is 0.0818 e. The van der Waals surface area contributed by atoms with Crippen LogP contribution in [0.3, 0.4) is 0 Å². The number of hydrogen-bond acceptors (Lipinski definition) is 1. The zero-order valence-electron chi connectivity index (χ0n) is 6.53. The van der Waals surface area contributed by atoms with Gasteiger partial charge in [-0.2, -0.15) is 0 Å². The first-order chi connectivity index (χ1) is 4.83. The van der Waals surface area contributed by atoms with Crippen LogP contribution in [-0.2, 0) is 4.74 Å². The summed E-state index contributed by atoms with van der Waals surface area (Å²) in [5.41, 5.74) is 0.0519. The smallest absolute Gasteiger partial charge is 0.0818 e. The molecule has 2 heteroatoms. The second kappa shape index (κ2) is 3.59. The van der Waals surface area contributed by atoms with Gasteiger partial charge in [-0.3, -0.25) is 0 Å². The van der Waals surface area contributed by atoms with Gasteiger partial charge >= 0.3 is 0 Å². The first-order valence-electron chi connectivity index (χ1n) is 4.03. The normalized spacial score (nSPS) is 33.0. The Bertz CT molecular complexity index is 97.4. The minimum absolute atomic E-state index is 0.0519. The highest BCUT2D eigenvalue weighted by molar-refractivity contribution is 6.18. The summed E-state index contributed by atoms with van der Waals surface area (Å²) in [4.78, 5) is 0. The second-order valence-corrected chi connectivity index (χ2v) is 3.29. The van der Waals surface area contributed by atoms with E-state index in [2.05, 4.69) is 6.92 Å². The summed E-state index contributed by atoms with van der Waals surface area (Å²) < 4.78 is 5.60. The van der Waals surface area contributed by atoms with E-state index in [4.69, 9.17) is 16.3 Å². The molecule has 1 unspecified atom stereocenters. The van der Waals surface area contributed by atoms with Crippen molar-refractivity contribution in [3.8, 4) is 0 Å². The number of rotatable bonds is 3. The molecule has 1 rings (SSSR count). The van der Waals surface area contributed by atoms with Crippen LogP contribution in [0.4, 0.5) is 0 Å². The number of halogens is 1. The molecule has 0 spiro atoms. The van der Waals surface area contributed by atoms with Crippen molar-refractivity contribution in [2.75, 3.05) is 12.5 Å². The van der Waals surface area contributed by atoms with Crippen LogP contribution in [-0.4, -0.2) is 18.1 Å². The van der Waals surface area contributed by atoms with Gasteiger partial charge in [0.1, 0.15) is 0 Å². The molecule has 1 saturated heterocycles. The number of ether oxygens (including phenoxy) is 1. The summed E-state index contributed by atoms with van der Waals surface area (Å²) in [6, 6.07) is 0. The molecule has 0 bridgehead atoms. The van der Waals surface area contributed by atoms with Gasteiger partial charge in [-0.25, -0.2) is 0 Å². The lowest BCUT2D eigenvalue weighted by atomic mass is 9.97. The van der Waals surface area contributed by atoms with Gasteiger partial charge in [-0.1, -0.05) is 13.3 Å². The molecule has 1 heterocycles. The molecule has 0 N–H and O–H groups in total. The Labute approximate surface area is 67.7 Å². The van der Waals surface area contributed by atoms with Crippen LogP contribution >= 0.6 is 11.6 Å². The third-order valence-electron chi connectivity index (χ3n) is 2.13. The highest BCUT2D eigenvalue weighted by Crippen LogP contribution is 2.31. The molecular formula is C8H15ClO. The Balaban J connectivity index is 2.41. The highest BCUT2D eigenvalue weighted by atomic mass is 35.5. The van der Waals surface area contributed by atoms with Crippen molar-refractivity contribution in [3.05, 3.63) is 0 Å². The fourth-order valence-electron chi connectivity index (χ4n) is 1.58. The van der Waals surface area contributed by atoms with Crippen LogP contribution in [0.15, 0.2) is 0 Å². The van der Waals surface area contributed by atoms with Gasteiger partial charge in [-0.05, 0) is 19.3 Å². The summed E-state index contributed by atoms with van der Waals surface area (Å²) in [6.07, 6.45) is 4.64. The van der Waals surface area contributed by atoms with Crippen molar-refractivity contribution >= 4 is 11.6 Å². The van der Waals surface area contributed by atoms with E-state index < -0.39 is 0 Å². The topological polar surface area (TPSA) is 9.23 Å². The van der Waals surface area contributed by atoms with E-state index in [1.54, 1.807) is 0 Å². The highest BCUT2D eigenvalue weighted by Gasteiger charge is 2.32. The second-order valence-electron chi connectivity index (χ2n) is 3.02. The van der Waals surface area contributed by atoms with Gasteiger partial charge in [0.15, 0.2) is 0 Å². The van der Waals surface area contributed by atoms with E-state index >= 15 is 0 Å². The molecule has 0 saturated carbocycles. The summed E-state index contributed by atoms with van der Waals surface area (Å²) in [5.74, 6) is 0.668. The summed E-state index contributed by atoms with van der Waals surface area (Å²) in [7, 11) is 0. The van der Waals surface area contributed by atoms with E-state index in [-0.39, 0.29) is 5.60 Å². The summed E-state index contributed by atoms with van der Waals surface area (Å²) in [6.45, 7) is 3.09. The molecular weight excluding hydrogens is 148 g/mol. The van der Waals surface area contributed by atoms with Crippen molar-refractivity contribution in [2.45, 2.75) is 38.2 Å². The molecule has 0 aliphatic carbocycles. The molecule has 0 aromatic rings. The van der Waals surface area contributed by atoms with E-state index in [0.29, 0.717) is 5.88 Å². The van der Waals surface area contributed by atoms with E-state index in [9.17, 15) is 0 Å². The molecule has 0 amide bonds. The minimum Gasteiger partial charge on any atom is -0.374 e. The molecule has 1 aliphatic heterocycles. The van der Waals surface area contributed by atoms with Gasteiger partial charge in [0.05, 0.1) is 11.5 Å². The van der Waals surface area contributed by atoms with Crippen LogP contribution in [0.5, 0.6) is 0 Å². The molecule has 10 heavy (non-hydrogen) atoms. The predicted molar refractivity (Wildman–Crippen MR) is 43.5 cm³/mol. The van der Waals surface area contributed by atoms with Crippen LogP contribution in [0.2, 0.25) is 0 Å². The van der Waals surface area contributed by atoms with Crippen molar-refractivity contribution in [1.82, 2.24) is 0 Å². The van der Waals surface area contributed by atoms with Gasteiger partial charge in [0, 0.05) is 6.61 Å². The Morgan fingerprint density at radius 2 is 2.40 bits per heavy atom. The Morgan fingerprint density at radius 3 is 2.80 bits per heavy atom. The summed E-state index contributed by atoms with van der Waals surface area (Å²) >= 11 is 5.82. The monoisotopic (exact) mass is 162 g/mol. The van der Waals surface area contributed by atoms with E-state index in [1.807, 2.05) is 0 Å². The van der Waals surface area contributed by atoms with Crippen molar-refractivity contribution < 1.29 is 4.74 Å². The van der Waals surface area contributed by atoms with Gasteiger partial charge in [0.2, 0.25) is 0 Å². The van der Waals surface area contributed by atoms with Crippen molar-refractivity contribution in [1.29, 1.82) is 0 Å². The van der Waals surface area contributed by atoms with Crippen molar-refractivity contribution in [3.63, 3.8) is 0 Å². The lowest BCUT2D eigenvalue weighted by Gasteiger charge is -2.24. The minimum atomic E-state index is 0.0519. The molecule has 0 aromatic carbocycles. The Hall–Kier alpha value is 0.250. The van der Waals surface area contributed by atoms with E-state index in [1.165, 1.54) is 12.8 Å². The summed E-state index contributed by atoms with van der Waals surface area (Å²) in [5, 5.41) is 0. The number of alkyl halides is 1. The van der Waals surface area contributed by atoms with Gasteiger partial charge in [0.25, 0.3) is 0 Å². The van der Waals surface area contributed by atoms with Crippen LogP contribution in [0.1, 0.15) is 32.6 Å². The van der Waals surface area contributed by atoms with Crippen LogP contribution in [0.25, 0.3) is 0 Å². The first-order valence-corrected chi connectivity index (χ1v) is 4.56. The predicted octanol–water partition coefficient (Wildman–Crippen LogP) is 2.57. The number of hydrogen-bond donors (Lipinski definition) is 0. The molecule has 60 valence electrons. The fourth-order valence-corrected chi connectivity index (χ4v) is 1.92. The molecule has 0 radical (unpaired) electrons. The molecule has 1 fully saturated rings.